The fourth-order valence-electron chi connectivity index (χ4n) is 1.59. The van der Waals surface area contributed by atoms with Crippen LogP contribution in [0.4, 0.5) is 0 Å². The smallest absolute Gasteiger partial charge is 0.0107 e. The summed E-state index contributed by atoms with van der Waals surface area (Å²) in [5.74, 6) is 0. The molecule has 78 valence electrons. The minimum Gasteiger partial charge on any atom is -0.313 e. The molecule has 2 heteroatoms. The Morgan fingerprint density at radius 2 is 2.15 bits per heavy atom. The summed E-state index contributed by atoms with van der Waals surface area (Å²) in [6.07, 6.45) is 5.41. The molecule has 0 amide bonds. The monoisotopic (exact) mass is 184 g/mol. The van der Waals surface area contributed by atoms with Gasteiger partial charge in [-0.2, -0.15) is 0 Å². The zero-order valence-corrected chi connectivity index (χ0v) is 9.34. The molecule has 1 aliphatic carbocycles. The molecule has 0 aromatic rings. The van der Waals surface area contributed by atoms with E-state index in [9.17, 15) is 0 Å². The first kappa shape index (κ1) is 11.0. The van der Waals surface area contributed by atoms with Crippen LogP contribution in [0, 0.1) is 0 Å². The summed E-state index contributed by atoms with van der Waals surface area (Å²) >= 11 is 0. The van der Waals surface area contributed by atoms with Crippen molar-refractivity contribution < 1.29 is 0 Å². The maximum Gasteiger partial charge on any atom is 0.0107 e. The van der Waals surface area contributed by atoms with Gasteiger partial charge in [-0.05, 0) is 33.2 Å². The van der Waals surface area contributed by atoms with Gasteiger partial charge in [-0.15, -0.1) is 0 Å². The van der Waals surface area contributed by atoms with Crippen LogP contribution < -0.4 is 5.32 Å². The molecule has 13 heavy (non-hydrogen) atoms. The van der Waals surface area contributed by atoms with Crippen LogP contribution in [0.2, 0.25) is 0 Å². The van der Waals surface area contributed by atoms with Crippen molar-refractivity contribution in [1.82, 2.24) is 10.2 Å². The molecule has 0 aliphatic heterocycles. The third kappa shape index (κ3) is 4.63. The molecule has 1 fully saturated rings. The van der Waals surface area contributed by atoms with Crippen molar-refractivity contribution in [2.45, 2.75) is 51.6 Å². The average Bonchev–Trinajstić information content (AvgIpc) is 2.88. The van der Waals surface area contributed by atoms with Gasteiger partial charge in [0.2, 0.25) is 0 Å². The third-order valence-electron chi connectivity index (χ3n) is 2.93. The molecule has 0 spiro atoms. The highest BCUT2D eigenvalue weighted by Crippen LogP contribution is 2.18. The summed E-state index contributed by atoms with van der Waals surface area (Å²) in [7, 11) is 2.23. The molecule has 1 aliphatic rings. The molecular formula is C11H24N2. The molecule has 1 saturated carbocycles. The van der Waals surface area contributed by atoms with Crippen LogP contribution in [0.15, 0.2) is 0 Å². The van der Waals surface area contributed by atoms with Gasteiger partial charge in [-0.25, -0.2) is 0 Å². The lowest BCUT2D eigenvalue weighted by atomic mass is 10.2. The molecule has 0 radical (unpaired) electrons. The van der Waals surface area contributed by atoms with Crippen molar-refractivity contribution in [3.8, 4) is 0 Å². The SMILES string of the molecule is CCCC(C)N(C)CCNC1CC1. The molecule has 1 N–H and O–H groups in total. The summed E-state index contributed by atoms with van der Waals surface area (Å²) in [4.78, 5) is 2.46. The highest BCUT2D eigenvalue weighted by molar-refractivity contribution is 4.81. The molecule has 0 aromatic heterocycles. The van der Waals surface area contributed by atoms with Crippen molar-refractivity contribution in [2.75, 3.05) is 20.1 Å². The normalized spacial score (nSPS) is 19.4. The van der Waals surface area contributed by atoms with Gasteiger partial charge in [0, 0.05) is 25.2 Å². The zero-order chi connectivity index (χ0) is 9.68. The van der Waals surface area contributed by atoms with E-state index in [4.69, 9.17) is 0 Å². The number of hydrogen-bond acceptors (Lipinski definition) is 2. The Labute approximate surface area is 82.7 Å². The standard InChI is InChI=1S/C11H24N2/c1-4-5-10(2)13(3)9-8-12-11-6-7-11/h10-12H,4-9H2,1-3H3. The van der Waals surface area contributed by atoms with E-state index in [0.717, 1.165) is 18.6 Å². The van der Waals surface area contributed by atoms with Crippen LogP contribution in [0.5, 0.6) is 0 Å². The van der Waals surface area contributed by atoms with Crippen LogP contribution in [0.3, 0.4) is 0 Å². The molecule has 0 bridgehead atoms. The van der Waals surface area contributed by atoms with E-state index in [1.54, 1.807) is 0 Å². The van der Waals surface area contributed by atoms with Gasteiger partial charge in [0.05, 0.1) is 0 Å². The van der Waals surface area contributed by atoms with Crippen LogP contribution in [0.1, 0.15) is 39.5 Å². The number of nitrogens with one attached hydrogen (secondary N) is 1. The van der Waals surface area contributed by atoms with Crippen LogP contribution >= 0.6 is 0 Å². The number of likely N-dealkylation sites (N-methyl/N-ethyl adjacent to an activating group) is 1. The molecule has 1 unspecified atom stereocenters. The fourth-order valence-corrected chi connectivity index (χ4v) is 1.59. The molecule has 1 rings (SSSR count). The minimum atomic E-state index is 0.742. The molecule has 0 heterocycles. The van der Waals surface area contributed by atoms with E-state index in [-0.39, 0.29) is 0 Å². The highest BCUT2D eigenvalue weighted by Gasteiger charge is 2.20. The summed E-state index contributed by atoms with van der Waals surface area (Å²) in [6.45, 7) is 6.93. The van der Waals surface area contributed by atoms with Crippen molar-refractivity contribution in [2.24, 2.45) is 0 Å². The van der Waals surface area contributed by atoms with Crippen molar-refractivity contribution in [3.63, 3.8) is 0 Å². The summed E-state index contributed by atoms with van der Waals surface area (Å²) < 4.78 is 0. The van der Waals surface area contributed by atoms with E-state index < -0.39 is 0 Å². The Kier molecular flexibility index (Phi) is 4.74. The summed E-state index contributed by atoms with van der Waals surface area (Å²) in [5, 5.41) is 3.54. The second-order valence-electron chi connectivity index (χ2n) is 4.35. The Balaban J connectivity index is 1.97. The van der Waals surface area contributed by atoms with Crippen molar-refractivity contribution in [3.05, 3.63) is 0 Å². The lowest BCUT2D eigenvalue weighted by Crippen LogP contribution is -2.35. The van der Waals surface area contributed by atoms with Gasteiger partial charge in [-0.1, -0.05) is 13.3 Å². The first-order valence-corrected chi connectivity index (χ1v) is 5.67. The average molecular weight is 184 g/mol. The van der Waals surface area contributed by atoms with E-state index in [2.05, 4.69) is 31.1 Å². The first-order chi connectivity index (χ1) is 6.24. The number of hydrogen-bond donors (Lipinski definition) is 1. The van der Waals surface area contributed by atoms with Crippen LogP contribution in [-0.2, 0) is 0 Å². The number of rotatable bonds is 7. The minimum absolute atomic E-state index is 0.742. The maximum atomic E-state index is 3.54. The second-order valence-corrected chi connectivity index (χ2v) is 4.35. The quantitative estimate of drug-likeness (QED) is 0.649. The Morgan fingerprint density at radius 1 is 1.46 bits per heavy atom. The van der Waals surface area contributed by atoms with Gasteiger partial charge in [0.1, 0.15) is 0 Å². The largest absolute Gasteiger partial charge is 0.313 e. The van der Waals surface area contributed by atoms with E-state index in [0.29, 0.717) is 0 Å². The Bertz CT molecular complexity index is 132. The highest BCUT2D eigenvalue weighted by atomic mass is 15.1. The van der Waals surface area contributed by atoms with Crippen molar-refractivity contribution in [1.29, 1.82) is 0 Å². The first-order valence-electron chi connectivity index (χ1n) is 5.67. The third-order valence-corrected chi connectivity index (χ3v) is 2.93. The predicted molar refractivity (Wildman–Crippen MR) is 58.0 cm³/mol. The van der Waals surface area contributed by atoms with Crippen LogP contribution in [-0.4, -0.2) is 37.1 Å². The topological polar surface area (TPSA) is 15.3 Å². The zero-order valence-electron chi connectivity index (χ0n) is 9.34. The summed E-state index contributed by atoms with van der Waals surface area (Å²) in [5.41, 5.74) is 0. The maximum absolute atomic E-state index is 3.54. The second kappa shape index (κ2) is 5.61. The molecule has 0 aromatic carbocycles. The van der Waals surface area contributed by atoms with E-state index in [1.807, 2.05) is 0 Å². The van der Waals surface area contributed by atoms with Gasteiger partial charge in [0.15, 0.2) is 0 Å². The van der Waals surface area contributed by atoms with E-state index in [1.165, 1.54) is 32.2 Å². The molecule has 2 nitrogen and oxygen atoms in total. The molecular weight excluding hydrogens is 160 g/mol. The predicted octanol–water partition coefficient (Wildman–Crippen LogP) is 1.86. The Hall–Kier alpha value is -0.0800. The van der Waals surface area contributed by atoms with Gasteiger partial charge >= 0.3 is 0 Å². The fraction of sp³-hybridized carbons (Fsp3) is 1.00. The van der Waals surface area contributed by atoms with Crippen LogP contribution in [0.25, 0.3) is 0 Å². The number of nitrogens with zero attached hydrogens (tertiary/aromatic N) is 1. The van der Waals surface area contributed by atoms with Crippen molar-refractivity contribution >= 4 is 0 Å². The molecule has 0 saturated heterocycles. The van der Waals surface area contributed by atoms with Gasteiger partial charge in [0.25, 0.3) is 0 Å². The summed E-state index contributed by atoms with van der Waals surface area (Å²) in [6, 6.07) is 1.60. The lowest BCUT2D eigenvalue weighted by Gasteiger charge is -2.24. The molecule has 1 atom stereocenters. The van der Waals surface area contributed by atoms with E-state index >= 15 is 0 Å². The van der Waals surface area contributed by atoms with Gasteiger partial charge in [-0.3, -0.25) is 0 Å². The van der Waals surface area contributed by atoms with Gasteiger partial charge < -0.3 is 10.2 Å². The Morgan fingerprint density at radius 3 is 2.69 bits per heavy atom. The lowest BCUT2D eigenvalue weighted by molar-refractivity contribution is 0.244.